The highest BCUT2D eigenvalue weighted by atomic mass is 35.5. The van der Waals surface area contributed by atoms with Crippen LogP contribution in [0.3, 0.4) is 0 Å². The lowest BCUT2D eigenvalue weighted by Crippen LogP contribution is -2.45. The summed E-state index contributed by atoms with van der Waals surface area (Å²) in [6.07, 6.45) is 3.47. The van der Waals surface area contributed by atoms with E-state index in [1.165, 1.54) is 0 Å². The van der Waals surface area contributed by atoms with Gasteiger partial charge in [-0.15, -0.1) is 0 Å². The van der Waals surface area contributed by atoms with Crippen molar-refractivity contribution in [2.75, 3.05) is 18.1 Å². The molecule has 138 valence electrons. The summed E-state index contributed by atoms with van der Waals surface area (Å²) in [4.78, 5) is 15.8. The highest BCUT2D eigenvalue weighted by Gasteiger charge is 2.28. The second kappa shape index (κ2) is 7.62. The van der Waals surface area contributed by atoms with Crippen LogP contribution in [0.15, 0.2) is 54.9 Å². The predicted molar refractivity (Wildman–Crippen MR) is 107 cm³/mol. The average Bonchev–Trinajstić information content (AvgIpc) is 2.68. The Hall–Kier alpha value is -2.50. The maximum atomic E-state index is 6.16. The third-order valence-electron chi connectivity index (χ3n) is 4.73. The van der Waals surface area contributed by atoms with Crippen molar-refractivity contribution in [1.29, 1.82) is 0 Å². The van der Waals surface area contributed by atoms with Crippen LogP contribution in [0.1, 0.15) is 24.3 Å². The van der Waals surface area contributed by atoms with E-state index in [4.69, 9.17) is 21.3 Å². The van der Waals surface area contributed by atoms with Gasteiger partial charge in [-0.05, 0) is 43.7 Å². The first-order chi connectivity index (χ1) is 13.1. The van der Waals surface area contributed by atoms with Crippen LogP contribution >= 0.6 is 11.6 Å². The van der Waals surface area contributed by atoms with Crippen molar-refractivity contribution >= 4 is 17.4 Å². The molecule has 1 aliphatic heterocycles. The lowest BCUT2D eigenvalue weighted by atomic mass is 10.1. The van der Waals surface area contributed by atoms with Gasteiger partial charge in [-0.1, -0.05) is 23.7 Å². The molecule has 4 rings (SSSR count). The zero-order chi connectivity index (χ0) is 18.8. The van der Waals surface area contributed by atoms with E-state index in [0.29, 0.717) is 19.0 Å². The normalized spacial score (nSPS) is 19.9. The van der Waals surface area contributed by atoms with Gasteiger partial charge in [0.25, 0.3) is 0 Å². The Morgan fingerprint density at radius 3 is 2.70 bits per heavy atom. The van der Waals surface area contributed by atoms with Crippen LogP contribution < -0.4 is 4.90 Å². The molecule has 0 saturated carbocycles. The number of nitrogens with zero attached hydrogens (tertiary/aromatic N) is 4. The highest BCUT2D eigenvalue weighted by molar-refractivity contribution is 6.30. The molecule has 2 atom stereocenters. The summed E-state index contributed by atoms with van der Waals surface area (Å²) in [6.45, 7) is 5.49. The van der Waals surface area contributed by atoms with Gasteiger partial charge >= 0.3 is 0 Å². The molecule has 1 aromatic carbocycles. The molecule has 5 nitrogen and oxygen atoms in total. The number of hydrogen-bond acceptors (Lipinski definition) is 5. The third kappa shape index (κ3) is 3.94. The van der Waals surface area contributed by atoms with Crippen molar-refractivity contribution in [3.8, 4) is 11.4 Å². The van der Waals surface area contributed by atoms with E-state index in [9.17, 15) is 0 Å². The molecule has 3 aromatic rings. The number of aromatic nitrogens is 3. The number of rotatable bonds is 3. The Balaban J connectivity index is 1.66. The minimum absolute atomic E-state index is 0.0421. The first-order valence-corrected chi connectivity index (χ1v) is 9.38. The van der Waals surface area contributed by atoms with Crippen molar-refractivity contribution in [3.63, 3.8) is 0 Å². The van der Waals surface area contributed by atoms with E-state index < -0.39 is 0 Å². The number of hydrogen-bond donors (Lipinski definition) is 0. The molecule has 1 saturated heterocycles. The van der Waals surface area contributed by atoms with Gasteiger partial charge in [-0.25, -0.2) is 9.97 Å². The molecule has 0 aliphatic carbocycles. The van der Waals surface area contributed by atoms with Gasteiger partial charge in [0.1, 0.15) is 11.9 Å². The summed E-state index contributed by atoms with van der Waals surface area (Å²) >= 11 is 6.16. The van der Waals surface area contributed by atoms with Crippen molar-refractivity contribution in [2.45, 2.75) is 26.0 Å². The van der Waals surface area contributed by atoms with Crippen molar-refractivity contribution in [1.82, 2.24) is 15.0 Å². The molecule has 0 radical (unpaired) electrons. The summed E-state index contributed by atoms with van der Waals surface area (Å²) in [5.74, 6) is 1.63. The monoisotopic (exact) mass is 380 g/mol. The van der Waals surface area contributed by atoms with Crippen molar-refractivity contribution in [3.05, 3.63) is 71.1 Å². The van der Waals surface area contributed by atoms with Crippen LogP contribution in [-0.4, -0.2) is 34.1 Å². The Kier molecular flexibility index (Phi) is 5.05. The second-order valence-electron chi connectivity index (χ2n) is 6.81. The van der Waals surface area contributed by atoms with Gasteiger partial charge in [0.2, 0.25) is 0 Å². The molecule has 3 heterocycles. The molecule has 0 bridgehead atoms. The minimum atomic E-state index is -0.0421. The average molecular weight is 381 g/mol. The zero-order valence-corrected chi connectivity index (χ0v) is 16.1. The van der Waals surface area contributed by atoms with E-state index in [1.807, 2.05) is 43.3 Å². The maximum Gasteiger partial charge on any atom is 0.161 e. The molecule has 0 N–H and O–H groups in total. The first-order valence-electron chi connectivity index (χ1n) is 9.00. The SMILES string of the molecule is Cc1cc(N2CC(c3cccc(Cl)c3)OCC2C)nc(-c2ccncc2)n1. The second-order valence-corrected chi connectivity index (χ2v) is 7.24. The summed E-state index contributed by atoms with van der Waals surface area (Å²) < 4.78 is 6.08. The van der Waals surface area contributed by atoms with E-state index in [-0.39, 0.29) is 12.1 Å². The fourth-order valence-electron chi connectivity index (χ4n) is 3.31. The quantitative estimate of drug-likeness (QED) is 0.671. The van der Waals surface area contributed by atoms with Gasteiger partial charge in [-0.2, -0.15) is 0 Å². The fraction of sp³-hybridized carbons (Fsp3) is 0.286. The largest absolute Gasteiger partial charge is 0.370 e. The molecule has 0 spiro atoms. The van der Waals surface area contributed by atoms with Crippen molar-refractivity contribution < 1.29 is 4.74 Å². The summed E-state index contributed by atoms with van der Waals surface area (Å²) in [7, 11) is 0. The predicted octanol–water partition coefficient (Wildman–Crippen LogP) is 4.47. The van der Waals surface area contributed by atoms with Crippen molar-refractivity contribution in [2.24, 2.45) is 0 Å². The maximum absolute atomic E-state index is 6.16. The van der Waals surface area contributed by atoms with Gasteiger partial charge in [0, 0.05) is 34.7 Å². The number of morpholine rings is 1. The smallest absolute Gasteiger partial charge is 0.161 e. The van der Waals surface area contributed by atoms with E-state index in [0.717, 1.165) is 27.7 Å². The van der Waals surface area contributed by atoms with Gasteiger partial charge < -0.3 is 9.64 Å². The van der Waals surface area contributed by atoms with Crippen LogP contribution in [-0.2, 0) is 4.74 Å². The molecule has 6 heteroatoms. The third-order valence-corrected chi connectivity index (χ3v) is 4.96. The van der Waals surface area contributed by atoms with Gasteiger partial charge in [-0.3, -0.25) is 4.98 Å². The van der Waals surface area contributed by atoms with Crippen LogP contribution in [0.5, 0.6) is 0 Å². The molecular weight excluding hydrogens is 360 g/mol. The Morgan fingerprint density at radius 1 is 1.11 bits per heavy atom. The molecule has 1 aliphatic rings. The summed E-state index contributed by atoms with van der Waals surface area (Å²) in [5.41, 5.74) is 2.98. The fourth-order valence-corrected chi connectivity index (χ4v) is 3.51. The topological polar surface area (TPSA) is 51.1 Å². The lowest BCUT2D eigenvalue weighted by molar-refractivity contribution is 0.0212. The summed E-state index contributed by atoms with van der Waals surface area (Å²) in [5, 5.41) is 0.721. The summed E-state index contributed by atoms with van der Waals surface area (Å²) in [6, 6.07) is 14.0. The minimum Gasteiger partial charge on any atom is -0.370 e. The molecular formula is C21H21ClN4O. The van der Waals surface area contributed by atoms with Gasteiger partial charge in [0.05, 0.1) is 19.2 Å². The van der Waals surface area contributed by atoms with E-state index in [2.05, 4.69) is 27.9 Å². The highest BCUT2D eigenvalue weighted by Crippen LogP contribution is 2.30. The number of aryl methyl sites for hydroxylation is 1. The molecule has 0 amide bonds. The Morgan fingerprint density at radius 2 is 1.93 bits per heavy atom. The molecule has 1 fully saturated rings. The lowest BCUT2D eigenvalue weighted by Gasteiger charge is -2.39. The number of anilines is 1. The van der Waals surface area contributed by atoms with Crippen LogP contribution in [0, 0.1) is 6.92 Å². The number of benzene rings is 1. The Bertz CT molecular complexity index is 934. The van der Waals surface area contributed by atoms with Crippen LogP contribution in [0.2, 0.25) is 5.02 Å². The number of halogens is 1. The van der Waals surface area contributed by atoms with E-state index in [1.54, 1.807) is 12.4 Å². The molecule has 27 heavy (non-hydrogen) atoms. The van der Waals surface area contributed by atoms with Crippen LogP contribution in [0.4, 0.5) is 5.82 Å². The molecule has 2 aromatic heterocycles. The number of ether oxygens (including phenoxy) is 1. The zero-order valence-electron chi connectivity index (χ0n) is 15.3. The Labute approximate surface area is 164 Å². The van der Waals surface area contributed by atoms with E-state index >= 15 is 0 Å². The molecule has 2 unspecified atom stereocenters. The van der Waals surface area contributed by atoms with Crippen LogP contribution in [0.25, 0.3) is 11.4 Å². The number of pyridine rings is 1. The first kappa shape index (κ1) is 17.9. The standard InChI is InChI=1S/C21H21ClN4O/c1-14-10-20(25-21(24-14)16-6-8-23-9-7-16)26-12-19(27-13-15(26)2)17-4-3-5-18(22)11-17/h3-11,15,19H,12-13H2,1-2H3. The van der Waals surface area contributed by atoms with Gasteiger partial charge in [0.15, 0.2) is 5.82 Å².